The fourth-order valence-electron chi connectivity index (χ4n) is 2.08. The van der Waals surface area contributed by atoms with E-state index >= 15 is 0 Å². The van der Waals surface area contributed by atoms with Crippen molar-refractivity contribution < 1.29 is 0 Å². The number of aromatic amines is 1. The molecule has 0 spiro atoms. The Morgan fingerprint density at radius 2 is 1.84 bits per heavy atom. The maximum absolute atomic E-state index is 5.89. The summed E-state index contributed by atoms with van der Waals surface area (Å²) in [6.07, 6.45) is 1.62. The van der Waals surface area contributed by atoms with Crippen molar-refractivity contribution in [3.63, 3.8) is 0 Å². The van der Waals surface area contributed by atoms with Gasteiger partial charge >= 0.3 is 0 Å². The third-order valence-corrected chi connectivity index (χ3v) is 3.37. The van der Waals surface area contributed by atoms with Crippen LogP contribution in [0.4, 0.5) is 5.69 Å². The molecule has 1 aromatic carbocycles. The predicted octanol–water partition coefficient (Wildman–Crippen LogP) is 3.90. The summed E-state index contributed by atoms with van der Waals surface area (Å²) in [6.45, 7) is 0.390. The summed E-state index contributed by atoms with van der Waals surface area (Å²) in [4.78, 5) is 8.44. The minimum Gasteiger partial charge on any atom is -0.374 e. The molecule has 0 bridgehead atoms. The Morgan fingerprint density at radius 1 is 1.12 bits per heavy atom. The maximum Gasteiger partial charge on any atom is 0.181 e. The average Bonchev–Trinajstić information content (AvgIpc) is 3.03. The molecule has 0 saturated heterocycles. The lowest BCUT2D eigenvalue weighted by atomic mass is 10.2. The third kappa shape index (κ3) is 6.02. The zero-order chi connectivity index (χ0) is 15.4. The molecule has 10 heteroatoms. The standard InChI is InChI=1S/C15H15ClN6.3ClH/c16-13-8-10(6-7-18-13)14-20-15(22-21-14)12(9-17)19-11-4-2-1-3-5-11;;;/h1-8,12,19H,9,17H2,(H,20,21,22);3*1H. The highest BCUT2D eigenvalue weighted by molar-refractivity contribution is 6.29. The Balaban J connectivity index is 0.00000192. The van der Waals surface area contributed by atoms with Crippen LogP contribution in [0.1, 0.15) is 11.9 Å². The topological polar surface area (TPSA) is 92.5 Å². The summed E-state index contributed by atoms with van der Waals surface area (Å²) in [5, 5.41) is 10.9. The zero-order valence-electron chi connectivity index (χ0n) is 12.9. The van der Waals surface area contributed by atoms with E-state index in [1.54, 1.807) is 18.3 Å². The number of para-hydroxylation sites is 1. The van der Waals surface area contributed by atoms with E-state index in [0.29, 0.717) is 23.3 Å². The van der Waals surface area contributed by atoms with E-state index in [0.717, 1.165) is 11.3 Å². The van der Waals surface area contributed by atoms with Crippen molar-refractivity contribution in [1.82, 2.24) is 20.2 Å². The second-order valence-corrected chi connectivity index (χ2v) is 5.10. The van der Waals surface area contributed by atoms with Gasteiger partial charge in [0.05, 0.1) is 6.04 Å². The fraction of sp³-hybridized carbons (Fsp3) is 0.133. The molecule has 4 N–H and O–H groups in total. The van der Waals surface area contributed by atoms with E-state index in [4.69, 9.17) is 17.3 Å². The van der Waals surface area contributed by atoms with Crippen LogP contribution in [0.15, 0.2) is 48.7 Å². The fourth-order valence-corrected chi connectivity index (χ4v) is 2.25. The normalized spacial score (nSPS) is 10.6. The zero-order valence-corrected chi connectivity index (χ0v) is 16.1. The van der Waals surface area contributed by atoms with Crippen LogP contribution in [0.25, 0.3) is 11.4 Å². The highest BCUT2D eigenvalue weighted by Crippen LogP contribution is 2.20. The smallest absolute Gasteiger partial charge is 0.181 e. The number of aromatic nitrogens is 4. The van der Waals surface area contributed by atoms with Crippen molar-refractivity contribution in [3.8, 4) is 11.4 Å². The lowest BCUT2D eigenvalue weighted by Gasteiger charge is -2.15. The number of pyridine rings is 1. The highest BCUT2D eigenvalue weighted by atomic mass is 35.5. The number of rotatable bonds is 5. The lowest BCUT2D eigenvalue weighted by Crippen LogP contribution is -2.21. The molecule has 0 amide bonds. The molecule has 0 radical (unpaired) electrons. The summed E-state index contributed by atoms with van der Waals surface area (Å²) in [5.41, 5.74) is 7.62. The van der Waals surface area contributed by atoms with Gasteiger partial charge < -0.3 is 11.1 Å². The van der Waals surface area contributed by atoms with Crippen LogP contribution in [0.2, 0.25) is 5.15 Å². The number of halogens is 4. The van der Waals surface area contributed by atoms with E-state index in [2.05, 4.69) is 25.5 Å². The number of nitrogens with two attached hydrogens (primary N) is 1. The van der Waals surface area contributed by atoms with Crippen LogP contribution in [0.5, 0.6) is 0 Å². The van der Waals surface area contributed by atoms with Gasteiger partial charge in [0.2, 0.25) is 0 Å². The summed E-state index contributed by atoms with van der Waals surface area (Å²) in [7, 11) is 0. The van der Waals surface area contributed by atoms with E-state index in [1.807, 2.05) is 30.3 Å². The van der Waals surface area contributed by atoms with Crippen molar-refractivity contribution >= 4 is 54.5 Å². The largest absolute Gasteiger partial charge is 0.374 e. The molecule has 136 valence electrons. The lowest BCUT2D eigenvalue weighted by molar-refractivity contribution is 0.730. The van der Waals surface area contributed by atoms with Crippen LogP contribution in [0.3, 0.4) is 0 Å². The van der Waals surface area contributed by atoms with Gasteiger partial charge in [0, 0.05) is 24.0 Å². The van der Waals surface area contributed by atoms with Gasteiger partial charge in [0.15, 0.2) is 5.82 Å². The van der Waals surface area contributed by atoms with Crippen molar-refractivity contribution in [2.24, 2.45) is 5.73 Å². The van der Waals surface area contributed by atoms with Gasteiger partial charge in [-0.25, -0.2) is 9.97 Å². The molecule has 3 rings (SSSR count). The van der Waals surface area contributed by atoms with Gasteiger partial charge in [-0.15, -0.1) is 37.2 Å². The molecule has 0 fully saturated rings. The van der Waals surface area contributed by atoms with Gasteiger partial charge in [-0.2, -0.15) is 5.10 Å². The van der Waals surface area contributed by atoms with E-state index < -0.39 is 0 Å². The van der Waals surface area contributed by atoms with Crippen LogP contribution in [-0.4, -0.2) is 26.7 Å². The number of hydrogen-bond acceptors (Lipinski definition) is 5. The Bertz CT molecular complexity index is 753. The summed E-state index contributed by atoms with van der Waals surface area (Å²) < 4.78 is 0. The van der Waals surface area contributed by atoms with Gasteiger partial charge in [0.25, 0.3) is 0 Å². The first kappa shape index (κ1) is 23.4. The second kappa shape index (κ2) is 11.1. The summed E-state index contributed by atoms with van der Waals surface area (Å²) in [6, 6.07) is 13.2. The predicted molar refractivity (Wildman–Crippen MR) is 108 cm³/mol. The Hall–Kier alpha value is -1.57. The first-order valence-corrected chi connectivity index (χ1v) is 7.20. The molecule has 0 aliphatic heterocycles. The second-order valence-electron chi connectivity index (χ2n) is 4.71. The van der Waals surface area contributed by atoms with E-state index in [1.165, 1.54) is 0 Å². The maximum atomic E-state index is 5.89. The van der Waals surface area contributed by atoms with Gasteiger partial charge in [-0.05, 0) is 24.3 Å². The first-order valence-electron chi connectivity index (χ1n) is 6.82. The van der Waals surface area contributed by atoms with Crippen LogP contribution in [-0.2, 0) is 0 Å². The van der Waals surface area contributed by atoms with Gasteiger partial charge in [-0.1, -0.05) is 29.8 Å². The van der Waals surface area contributed by atoms with Gasteiger partial charge in [-0.3, -0.25) is 5.10 Å². The number of anilines is 1. The monoisotopic (exact) mass is 422 g/mol. The number of nitrogens with zero attached hydrogens (tertiary/aromatic N) is 3. The molecule has 6 nitrogen and oxygen atoms in total. The van der Waals surface area contributed by atoms with Crippen molar-refractivity contribution in [2.75, 3.05) is 11.9 Å². The van der Waals surface area contributed by atoms with Crippen LogP contribution in [0, 0.1) is 0 Å². The van der Waals surface area contributed by atoms with E-state index in [9.17, 15) is 0 Å². The Morgan fingerprint density at radius 3 is 2.48 bits per heavy atom. The quantitative estimate of drug-likeness (QED) is 0.541. The minimum atomic E-state index is -0.152. The van der Waals surface area contributed by atoms with Crippen LogP contribution >= 0.6 is 48.8 Å². The number of hydrogen-bond donors (Lipinski definition) is 3. The molecule has 0 saturated carbocycles. The minimum absolute atomic E-state index is 0. The van der Waals surface area contributed by atoms with Crippen molar-refractivity contribution in [1.29, 1.82) is 0 Å². The van der Waals surface area contributed by atoms with E-state index in [-0.39, 0.29) is 43.3 Å². The molecular formula is C15H18Cl4N6. The number of nitrogens with one attached hydrogen (secondary N) is 2. The molecule has 1 atom stereocenters. The van der Waals surface area contributed by atoms with Crippen molar-refractivity contribution in [3.05, 3.63) is 59.6 Å². The Kier molecular flexibility index (Phi) is 10.4. The first-order chi connectivity index (χ1) is 10.8. The summed E-state index contributed by atoms with van der Waals surface area (Å²) >= 11 is 5.89. The molecule has 0 aliphatic rings. The molecule has 0 aliphatic carbocycles. The molecule has 1 unspecified atom stereocenters. The van der Waals surface area contributed by atoms with Crippen molar-refractivity contribution in [2.45, 2.75) is 6.04 Å². The number of benzene rings is 1. The SMILES string of the molecule is Cl.Cl.Cl.NCC(Nc1ccccc1)c1nc(-c2ccnc(Cl)c2)n[nH]1. The number of H-pyrrole nitrogens is 1. The molecule has 3 aromatic rings. The third-order valence-electron chi connectivity index (χ3n) is 3.17. The highest BCUT2D eigenvalue weighted by Gasteiger charge is 2.15. The molecule has 2 heterocycles. The molecule has 2 aromatic heterocycles. The molecular weight excluding hydrogens is 406 g/mol. The molecule has 25 heavy (non-hydrogen) atoms. The average molecular weight is 424 g/mol. The Labute approximate surface area is 169 Å². The van der Waals surface area contributed by atoms with Crippen LogP contribution < -0.4 is 11.1 Å². The summed E-state index contributed by atoms with van der Waals surface area (Å²) in [5.74, 6) is 1.24. The van der Waals surface area contributed by atoms with Gasteiger partial charge in [0.1, 0.15) is 11.0 Å².